The molecule has 1 saturated heterocycles. The van der Waals surface area contributed by atoms with Gasteiger partial charge in [0.2, 0.25) is 0 Å². The third-order valence-electron chi connectivity index (χ3n) is 4.48. The molecule has 2 heterocycles. The van der Waals surface area contributed by atoms with Crippen molar-refractivity contribution in [1.29, 1.82) is 0 Å². The van der Waals surface area contributed by atoms with Crippen LogP contribution in [-0.2, 0) is 24.6 Å². The molecule has 1 N–H and O–H groups in total. The number of nitrogens with zero attached hydrogens (tertiary/aromatic N) is 2. The minimum absolute atomic E-state index is 0.217. The first kappa shape index (κ1) is 14.5. The highest BCUT2D eigenvalue weighted by molar-refractivity contribution is 5.14. The van der Waals surface area contributed by atoms with Gasteiger partial charge < -0.3 is 10.1 Å². The van der Waals surface area contributed by atoms with Gasteiger partial charge in [0.05, 0.1) is 11.8 Å². The summed E-state index contributed by atoms with van der Waals surface area (Å²) in [5.74, 6) is 0. The predicted octanol–water partition coefficient (Wildman–Crippen LogP) is 1.93. The number of hydrogen-bond donors (Lipinski definition) is 1. The van der Waals surface area contributed by atoms with E-state index in [1.165, 1.54) is 11.4 Å². The molecule has 2 rings (SSSR count). The van der Waals surface area contributed by atoms with E-state index < -0.39 is 0 Å². The maximum absolute atomic E-state index is 5.84. The highest BCUT2D eigenvalue weighted by Gasteiger charge is 2.41. The zero-order chi connectivity index (χ0) is 13.9. The molecular weight excluding hydrogens is 238 g/mol. The van der Waals surface area contributed by atoms with Gasteiger partial charge in [-0.2, -0.15) is 5.10 Å². The second-order valence-electron chi connectivity index (χ2n) is 5.69. The van der Waals surface area contributed by atoms with Gasteiger partial charge in [0.25, 0.3) is 0 Å². The number of aromatic nitrogens is 2. The van der Waals surface area contributed by atoms with Gasteiger partial charge >= 0.3 is 0 Å². The molecule has 4 heteroatoms. The molecule has 1 fully saturated rings. The van der Waals surface area contributed by atoms with E-state index in [0.717, 1.165) is 39.0 Å². The molecule has 0 spiro atoms. The fourth-order valence-corrected chi connectivity index (χ4v) is 2.99. The van der Waals surface area contributed by atoms with E-state index in [1.54, 1.807) is 0 Å². The van der Waals surface area contributed by atoms with E-state index in [4.69, 9.17) is 4.74 Å². The SMILES string of the molecule is CCNCC1(Cc2cc(CC)nn2C)CCOC1C. The summed E-state index contributed by atoms with van der Waals surface area (Å²) in [7, 11) is 2.05. The van der Waals surface area contributed by atoms with Crippen molar-refractivity contribution in [2.45, 2.75) is 46.1 Å². The molecule has 0 aliphatic carbocycles. The van der Waals surface area contributed by atoms with E-state index in [-0.39, 0.29) is 5.41 Å². The number of rotatable bonds is 6. The summed E-state index contributed by atoms with van der Waals surface area (Å²) in [6.07, 6.45) is 3.49. The van der Waals surface area contributed by atoms with E-state index in [9.17, 15) is 0 Å². The van der Waals surface area contributed by atoms with E-state index in [1.807, 2.05) is 4.68 Å². The lowest BCUT2D eigenvalue weighted by Crippen LogP contribution is -2.41. The molecular formula is C15H27N3O. The Kier molecular flexibility index (Phi) is 4.63. The van der Waals surface area contributed by atoms with Gasteiger partial charge in [-0.25, -0.2) is 0 Å². The molecule has 0 aromatic carbocycles. The molecule has 1 aliphatic heterocycles. The van der Waals surface area contributed by atoms with Gasteiger partial charge in [0, 0.05) is 31.3 Å². The lowest BCUT2D eigenvalue weighted by atomic mass is 9.77. The summed E-state index contributed by atoms with van der Waals surface area (Å²) in [6.45, 7) is 9.44. The minimum Gasteiger partial charge on any atom is -0.378 e. The average molecular weight is 265 g/mol. The normalized spacial score (nSPS) is 27.1. The number of nitrogens with one attached hydrogen (secondary N) is 1. The van der Waals surface area contributed by atoms with E-state index >= 15 is 0 Å². The highest BCUT2D eigenvalue weighted by Crippen LogP contribution is 2.37. The van der Waals surface area contributed by atoms with Crippen molar-refractivity contribution in [2.24, 2.45) is 12.5 Å². The molecule has 1 aliphatic rings. The Labute approximate surface area is 116 Å². The summed E-state index contributed by atoms with van der Waals surface area (Å²) in [5.41, 5.74) is 2.73. The van der Waals surface area contributed by atoms with Gasteiger partial charge in [-0.15, -0.1) is 0 Å². The maximum Gasteiger partial charge on any atom is 0.0624 e. The van der Waals surface area contributed by atoms with Crippen molar-refractivity contribution in [1.82, 2.24) is 15.1 Å². The standard InChI is InChI=1S/C15H27N3O/c1-5-13-9-14(18(4)17-13)10-15(11-16-6-2)7-8-19-12(15)3/h9,12,16H,5-8,10-11H2,1-4H3. The molecule has 0 saturated carbocycles. The second-order valence-corrected chi connectivity index (χ2v) is 5.69. The summed E-state index contributed by atoms with van der Waals surface area (Å²) in [4.78, 5) is 0. The molecule has 4 nitrogen and oxygen atoms in total. The van der Waals surface area contributed by atoms with Crippen LogP contribution < -0.4 is 5.32 Å². The van der Waals surface area contributed by atoms with Crippen LogP contribution >= 0.6 is 0 Å². The van der Waals surface area contributed by atoms with Crippen LogP contribution in [0.15, 0.2) is 6.07 Å². The van der Waals surface area contributed by atoms with Crippen LogP contribution in [0.25, 0.3) is 0 Å². The van der Waals surface area contributed by atoms with Crippen LogP contribution in [0.2, 0.25) is 0 Å². The molecule has 0 radical (unpaired) electrons. The summed E-state index contributed by atoms with van der Waals surface area (Å²) < 4.78 is 7.88. The van der Waals surface area contributed by atoms with Crippen molar-refractivity contribution >= 4 is 0 Å². The third kappa shape index (κ3) is 3.00. The monoisotopic (exact) mass is 265 g/mol. The van der Waals surface area contributed by atoms with Gasteiger partial charge in [-0.05, 0) is 38.8 Å². The topological polar surface area (TPSA) is 39.1 Å². The molecule has 1 aromatic heterocycles. The largest absolute Gasteiger partial charge is 0.378 e. The zero-order valence-corrected chi connectivity index (χ0v) is 12.7. The lowest BCUT2D eigenvalue weighted by Gasteiger charge is -2.32. The quantitative estimate of drug-likeness (QED) is 0.854. The number of hydrogen-bond acceptors (Lipinski definition) is 3. The van der Waals surface area contributed by atoms with Gasteiger partial charge in [-0.3, -0.25) is 4.68 Å². The molecule has 108 valence electrons. The van der Waals surface area contributed by atoms with Crippen LogP contribution in [0.4, 0.5) is 0 Å². The van der Waals surface area contributed by atoms with Crippen LogP contribution in [0.5, 0.6) is 0 Å². The number of aryl methyl sites for hydroxylation is 2. The molecule has 2 atom stereocenters. The van der Waals surface area contributed by atoms with Crippen LogP contribution in [0.1, 0.15) is 38.6 Å². The van der Waals surface area contributed by atoms with Gasteiger partial charge in [0.15, 0.2) is 0 Å². The molecule has 1 aromatic rings. The van der Waals surface area contributed by atoms with Gasteiger partial charge in [-0.1, -0.05) is 13.8 Å². The van der Waals surface area contributed by atoms with Crippen molar-refractivity contribution in [3.63, 3.8) is 0 Å². The Morgan fingerprint density at radius 1 is 1.53 bits per heavy atom. The van der Waals surface area contributed by atoms with Crippen LogP contribution in [0, 0.1) is 5.41 Å². The number of ether oxygens (including phenoxy) is 1. The fourth-order valence-electron chi connectivity index (χ4n) is 2.99. The zero-order valence-electron chi connectivity index (χ0n) is 12.7. The fraction of sp³-hybridized carbons (Fsp3) is 0.800. The van der Waals surface area contributed by atoms with Crippen molar-refractivity contribution in [3.05, 3.63) is 17.5 Å². The first-order valence-electron chi connectivity index (χ1n) is 7.45. The Hall–Kier alpha value is -0.870. The molecule has 19 heavy (non-hydrogen) atoms. The Bertz CT molecular complexity index is 416. The van der Waals surface area contributed by atoms with Crippen LogP contribution in [0.3, 0.4) is 0 Å². The predicted molar refractivity (Wildman–Crippen MR) is 77.3 cm³/mol. The Balaban J connectivity index is 2.17. The third-order valence-corrected chi connectivity index (χ3v) is 4.48. The van der Waals surface area contributed by atoms with Crippen molar-refractivity contribution < 1.29 is 4.74 Å². The Morgan fingerprint density at radius 2 is 2.32 bits per heavy atom. The van der Waals surface area contributed by atoms with E-state index in [0.29, 0.717) is 6.10 Å². The smallest absolute Gasteiger partial charge is 0.0624 e. The maximum atomic E-state index is 5.84. The summed E-state index contributed by atoms with van der Waals surface area (Å²) >= 11 is 0. The van der Waals surface area contributed by atoms with Gasteiger partial charge in [0.1, 0.15) is 0 Å². The highest BCUT2D eigenvalue weighted by atomic mass is 16.5. The van der Waals surface area contributed by atoms with Crippen molar-refractivity contribution in [2.75, 3.05) is 19.7 Å². The van der Waals surface area contributed by atoms with Crippen molar-refractivity contribution in [3.8, 4) is 0 Å². The Morgan fingerprint density at radius 3 is 2.84 bits per heavy atom. The average Bonchev–Trinajstić information content (AvgIpc) is 2.93. The van der Waals surface area contributed by atoms with E-state index in [2.05, 4.69) is 44.3 Å². The summed E-state index contributed by atoms with van der Waals surface area (Å²) in [5, 5.41) is 8.08. The minimum atomic E-state index is 0.217. The molecule has 0 bridgehead atoms. The lowest BCUT2D eigenvalue weighted by molar-refractivity contribution is 0.0624. The first-order valence-corrected chi connectivity index (χ1v) is 7.45. The first-order chi connectivity index (χ1) is 9.11. The van der Waals surface area contributed by atoms with Crippen LogP contribution in [-0.4, -0.2) is 35.6 Å². The molecule has 0 amide bonds. The summed E-state index contributed by atoms with van der Waals surface area (Å²) in [6, 6.07) is 2.25. The molecule has 2 unspecified atom stereocenters. The second kappa shape index (κ2) is 6.06.